The van der Waals surface area contributed by atoms with Crippen LogP contribution in [-0.4, -0.2) is 22.7 Å². The van der Waals surface area contributed by atoms with Crippen molar-refractivity contribution in [2.24, 2.45) is 0 Å². The Kier molecular flexibility index (Phi) is 4.97. The van der Waals surface area contributed by atoms with E-state index in [0.29, 0.717) is 12.1 Å². The van der Waals surface area contributed by atoms with Gasteiger partial charge in [-0.3, -0.25) is 4.79 Å². The molecule has 0 radical (unpaired) electrons. The lowest BCUT2D eigenvalue weighted by Gasteiger charge is -2.06. The number of carbonyl (C=O) groups is 1. The van der Waals surface area contributed by atoms with Crippen LogP contribution in [0.2, 0.25) is 0 Å². The number of carbonyl (C=O) groups excluding carboxylic acids is 1. The minimum Gasteiger partial charge on any atom is -0.507 e. The first-order valence-electron chi connectivity index (χ1n) is 6.50. The Morgan fingerprint density at radius 1 is 1.10 bits per heavy atom. The van der Waals surface area contributed by atoms with E-state index in [0.717, 1.165) is 5.56 Å². The smallest absolute Gasteiger partial charge is 0.259 e. The second-order valence-corrected chi connectivity index (χ2v) is 4.32. The number of amides is 1. The van der Waals surface area contributed by atoms with Gasteiger partial charge in [-0.05, 0) is 36.4 Å². The fourth-order valence-electron chi connectivity index (χ4n) is 1.72. The molecule has 0 spiro atoms. The number of rotatable bonds is 3. The fraction of sp³-hybridized carbons (Fsp3) is 0.118. The SMILES string of the molecule is O=C(Nc1ccc(C#CCCO)cc1)c1ccccc1O. The number of para-hydroxylation sites is 1. The summed E-state index contributed by atoms with van der Waals surface area (Å²) in [5.41, 5.74) is 1.66. The normalized spacial score (nSPS) is 9.57. The molecule has 0 fully saturated rings. The summed E-state index contributed by atoms with van der Waals surface area (Å²) in [6, 6.07) is 13.4. The number of anilines is 1. The largest absolute Gasteiger partial charge is 0.507 e. The molecule has 1 amide bonds. The molecule has 0 saturated heterocycles. The van der Waals surface area contributed by atoms with E-state index in [2.05, 4.69) is 17.2 Å². The van der Waals surface area contributed by atoms with Crippen LogP contribution >= 0.6 is 0 Å². The molecule has 21 heavy (non-hydrogen) atoms. The number of aliphatic hydroxyl groups excluding tert-OH is 1. The van der Waals surface area contributed by atoms with Crippen LogP contribution in [0.4, 0.5) is 5.69 Å². The third-order valence-electron chi connectivity index (χ3n) is 2.76. The molecule has 2 aromatic rings. The maximum Gasteiger partial charge on any atom is 0.259 e. The molecule has 0 unspecified atom stereocenters. The fourth-order valence-corrected chi connectivity index (χ4v) is 1.72. The third-order valence-corrected chi connectivity index (χ3v) is 2.76. The zero-order valence-electron chi connectivity index (χ0n) is 11.3. The summed E-state index contributed by atoms with van der Waals surface area (Å²) in [6.45, 7) is 0.0434. The second-order valence-electron chi connectivity index (χ2n) is 4.32. The Balaban J connectivity index is 2.06. The van der Waals surface area contributed by atoms with Crippen molar-refractivity contribution in [3.8, 4) is 17.6 Å². The van der Waals surface area contributed by atoms with Crippen molar-refractivity contribution in [3.05, 3.63) is 59.7 Å². The van der Waals surface area contributed by atoms with Gasteiger partial charge in [-0.2, -0.15) is 0 Å². The highest BCUT2D eigenvalue weighted by molar-refractivity contribution is 6.06. The monoisotopic (exact) mass is 281 g/mol. The van der Waals surface area contributed by atoms with E-state index >= 15 is 0 Å². The summed E-state index contributed by atoms with van der Waals surface area (Å²) in [4.78, 5) is 12.0. The number of hydrogen-bond acceptors (Lipinski definition) is 3. The van der Waals surface area contributed by atoms with Crippen LogP contribution in [0.15, 0.2) is 48.5 Å². The van der Waals surface area contributed by atoms with E-state index < -0.39 is 0 Å². The van der Waals surface area contributed by atoms with Crippen LogP contribution in [0, 0.1) is 11.8 Å². The average Bonchev–Trinajstić information content (AvgIpc) is 2.49. The molecular weight excluding hydrogens is 266 g/mol. The van der Waals surface area contributed by atoms with E-state index in [9.17, 15) is 9.90 Å². The summed E-state index contributed by atoms with van der Waals surface area (Å²) in [5, 5.41) is 21.0. The van der Waals surface area contributed by atoms with Gasteiger partial charge in [-0.15, -0.1) is 0 Å². The summed E-state index contributed by atoms with van der Waals surface area (Å²) in [5.74, 6) is 5.31. The number of phenolic OH excluding ortho intramolecular Hbond substituents is 1. The first-order valence-corrected chi connectivity index (χ1v) is 6.50. The van der Waals surface area contributed by atoms with Gasteiger partial charge >= 0.3 is 0 Å². The van der Waals surface area contributed by atoms with Crippen molar-refractivity contribution in [2.45, 2.75) is 6.42 Å². The van der Waals surface area contributed by atoms with Crippen molar-refractivity contribution >= 4 is 11.6 Å². The lowest BCUT2D eigenvalue weighted by molar-refractivity contribution is 0.102. The molecule has 4 heteroatoms. The lowest BCUT2D eigenvalue weighted by atomic mass is 10.1. The van der Waals surface area contributed by atoms with Gasteiger partial charge in [0.1, 0.15) is 5.75 Å². The van der Waals surface area contributed by atoms with E-state index in [4.69, 9.17) is 5.11 Å². The van der Waals surface area contributed by atoms with Gasteiger partial charge in [-0.25, -0.2) is 0 Å². The van der Waals surface area contributed by atoms with Gasteiger partial charge in [0.2, 0.25) is 0 Å². The van der Waals surface area contributed by atoms with E-state index in [-0.39, 0.29) is 23.8 Å². The average molecular weight is 281 g/mol. The number of benzene rings is 2. The molecule has 0 aliphatic carbocycles. The second kappa shape index (κ2) is 7.13. The highest BCUT2D eigenvalue weighted by Crippen LogP contribution is 2.18. The zero-order valence-corrected chi connectivity index (χ0v) is 11.3. The molecule has 0 heterocycles. The highest BCUT2D eigenvalue weighted by Gasteiger charge is 2.09. The van der Waals surface area contributed by atoms with Crippen molar-refractivity contribution in [1.82, 2.24) is 0 Å². The van der Waals surface area contributed by atoms with Crippen LogP contribution in [0.25, 0.3) is 0 Å². The van der Waals surface area contributed by atoms with E-state index in [1.165, 1.54) is 6.07 Å². The van der Waals surface area contributed by atoms with Crippen LogP contribution < -0.4 is 5.32 Å². The third kappa shape index (κ3) is 4.10. The molecule has 2 aromatic carbocycles. The van der Waals surface area contributed by atoms with Gasteiger partial charge in [-0.1, -0.05) is 24.0 Å². The Hall–Kier alpha value is -2.77. The maximum atomic E-state index is 12.0. The highest BCUT2D eigenvalue weighted by atomic mass is 16.3. The Morgan fingerprint density at radius 3 is 2.48 bits per heavy atom. The van der Waals surface area contributed by atoms with E-state index in [1.807, 2.05) is 0 Å². The minimum absolute atomic E-state index is 0.0434. The number of phenols is 1. The quantitative estimate of drug-likeness (QED) is 0.757. The molecule has 0 aliphatic heterocycles. The number of hydrogen-bond donors (Lipinski definition) is 3. The zero-order chi connectivity index (χ0) is 15.1. The molecule has 106 valence electrons. The van der Waals surface area contributed by atoms with Crippen molar-refractivity contribution in [2.75, 3.05) is 11.9 Å². The molecule has 3 N–H and O–H groups in total. The van der Waals surface area contributed by atoms with Gasteiger partial charge in [0.15, 0.2) is 0 Å². The molecule has 0 bridgehead atoms. The maximum absolute atomic E-state index is 12.0. The number of aromatic hydroxyl groups is 1. The summed E-state index contributed by atoms with van der Waals surface area (Å²) < 4.78 is 0. The number of aliphatic hydroxyl groups is 1. The van der Waals surface area contributed by atoms with Gasteiger partial charge in [0.05, 0.1) is 12.2 Å². The van der Waals surface area contributed by atoms with Crippen LogP contribution in [0.1, 0.15) is 22.3 Å². The van der Waals surface area contributed by atoms with Crippen molar-refractivity contribution in [1.29, 1.82) is 0 Å². The standard InChI is InChI=1S/C17H15NO3/c19-12-4-3-5-13-8-10-14(11-9-13)18-17(21)15-6-1-2-7-16(15)20/h1-2,6-11,19-20H,4,12H2,(H,18,21). The molecule has 0 aromatic heterocycles. The van der Waals surface area contributed by atoms with Crippen LogP contribution in [0.5, 0.6) is 5.75 Å². The molecule has 0 aliphatic rings. The predicted octanol–water partition coefficient (Wildman–Crippen LogP) is 2.38. The molecule has 4 nitrogen and oxygen atoms in total. The summed E-state index contributed by atoms with van der Waals surface area (Å²) in [6.07, 6.45) is 0.436. The first-order chi connectivity index (χ1) is 10.2. The molecular formula is C17H15NO3. The van der Waals surface area contributed by atoms with Gasteiger partial charge in [0, 0.05) is 17.7 Å². The summed E-state index contributed by atoms with van der Waals surface area (Å²) >= 11 is 0. The van der Waals surface area contributed by atoms with E-state index in [1.54, 1.807) is 42.5 Å². The molecule has 2 rings (SSSR count). The Labute approximate surface area is 123 Å². The lowest BCUT2D eigenvalue weighted by Crippen LogP contribution is -2.11. The summed E-state index contributed by atoms with van der Waals surface area (Å²) in [7, 11) is 0. The van der Waals surface area contributed by atoms with Crippen molar-refractivity contribution < 1.29 is 15.0 Å². The van der Waals surface area contributed by atoms with Crippen LogP contribution in [0.3, 0.4) is 0 Å². The predicted molar refractivity (Wildman–Crippen MR) is 81.1 cm³/mol. The van der Waals surface area contributed by atoms with Gasteiger partial charge in [0.25, 0.3) is 5.91 Å². The Morgan fingerprint density at radius 2 is 1.81 bits per heavy atom. The number of nitrogens with one attached hydrogen (secondary N) is 1. The van der Waals surface area contributed by atoms with Gasteiger partial charge < -0.3 is 15.5 Å². The molecule has 0 saturated carbocycles. The first kappa shape index (κ1) is 14.6. The van der Waals surface area contributed by atoms with Crippen LogP contribution in [-0.2, 0) is 0 Å². The Bertz CT molecular complexity index is 681. The molecule has 0 atom stereocenters. The topological polar surface area (TPSA) is 69.6 Å². The van der Waals surface area contributed by atoms with Crippen molar-refractivity contribution in [3.63, 3.8) is 0 Å². The minimum atomic E-state index is -0.368.